The van der Waals surface area contributed by atoms with Crippen LogP contribution >= 0.6 is 0 Å². The molecule has 1 heteroatoms. The summed E-state index contributed by atoms with van der Waals surface area (Å²) in [4.78, 5) is 0. The fraction of sp³-hybridized carbons (Fsp3) is 0.810. The maximum absolute atomic E-state index is 6.11. The summed E-state index contributed by atoms with van der Waals surface area (Å²) >= 11 is 0. The maximum atomic E-state index is 6.11. The van der Waals surface area contributed by atoms with Crippen LogP contribution in [0.4, 0.5) is 0 Å². The molecule has 0 spiro atoms. The third-order valence-corrected chi connectivity index (χ3v) is 6.27. The van der Waals surface area contributed by atoms with Crippen molar-refractivity contribution in [1.29, 1.82) is 0 Å². The van der Waals surface area contributed by atoms with E-state index >= 15 is 0 Å². The minimum Gasteiger partial charge on any atom is -0.378 e. The first kappa shape index (κ1) is 16.3. The second-order valence-corrected chi connectivity index (χ2v) is 8.21. The highest BCUT2D eigenvalue weighted by Gasteiger charge is 2.30. The molecule has 22 heavy (non-hydrogen) atoms. The third-order valence-electron chi connectivity index (χ3n) is 6.27. The van der Waals surface area contributed by atoms with Crippen molar-refractivity contribution in [1.82, 2.24) is 0 Å². The normalized spacial score (nSPS) is 36.6. The van der Waals surface area contributed by atoms with E-state index in [0.29, 0.717) is 6.10 Å². The Bertz CT molecular complexity index is 404. The van der Waals surface area contributed by atoms with Gasteiger partial charge in [0.05, 0.1) is 6.10 Å². The molecule has 1 saturated carbocycles. The van der Waals surface area contributed by atoms with Crippen molar-refractivity contribution in [2.24, 2.45) is 17.8 Å². The fourth-order valence-electron chi connectivity index (χ4n) is 4.51. The lowest BCUT2D eigenvalue weighted by Crippen LogP contribution is -2.33. The minimum absolute atomic E-state index is 0.589. The molecular formula is C21H34O. The van der Waals surface area contributed by atoms with Crippen molar-refractivity contribution >= 4 is 0 Å². The Morgan fingerprint density at radius 2 is 1.82 bits per heavy atom. The van der Waals surface area contributed by atoms with Crippen LogP contribution < -0.4 is 0 Å². The molecule has 3 aliphatic rings. The van der Waals surface area contributed by atoms with Crippen LogP contribution in [0.3, 0.4) is 0 Å². The van der Waals surface area contributed by atoms with E-state index in [9.17, 15) is 0 Å². The van der Waals surface area contributed by atoms with Gasteiger partial charge in [-0.05, 0) is 76.0 Å². The van der Waals surface area contributed by atoms with Crippen LogP contribution in [0.25, 0.3) is 0 Å². The summed E-state index contributed by atoms with van der Waals surface area (Å²) in [5.74, 6) is 2.63. The molecule has 1 aliphatic heterocycles. The highest BCUT2D eigenvalue weighted by atomic mass is 16.5. The van der Waals surface area contributed by atoms with Crippen molar-refractivity contribution < 1.29 is 4.74 Å². The van der Waals surface area contributed by atoms with Crippen LogP contribution in [0.5, 0.6) is 0 Å². The van der Waals surface area contributed by atoms with Crippen LogP contribution in [0.15, 0.2) is 23.3 Å². The highest BCUT2D eigenvalue weighted by molar-refractivity contribution is 5.22. The van der Waals surface area contributed by atoms with Crippen LogP contribution in [-0.2, 0) is 4.74 Å². The monoisotopic (exact) mass is 302 g/mol. The van der Waals surface area contributed by atoms with Gasteiger partial charge in [-0.15, -0.1) is 0 Å². The molecule has 0 aromatic heterocycles. The van der Waals surface area contributed by atoms with E-state index in [1.54, 1.807) is 11.1 Å². The first-order valence-corrected chi connectivity index (χ1v) is 9.67. The smallest absolute Gasteiger partial charge is 0.0603 e. The minimum atomic E-state index is 0.589. The SMILES string of the molecule is CC1=CC=C(CCC2CCC(C3CCC(C)CO3)CC2)CC1. The zero-order valence-electron chi connectivity index (χ0n) is 14.7. The molecule has 1 heterocycles. The van der Waals surface area contributed by atoms with E-state index in [-0.39, 0.29) is 0 Å². The van der Waals surface area contributed by atoms with E-state index < -0.39 is 0 Å². The van der Waals surface area contributed by atoms with Gasteiger partial charge in [0.1, 0.15) is 0 Å². The van der Waals surface area contributed by atoms with E-state index in [1.165, 1.54) is 64.2 Å². The zero-order valence-corrected chi connectivity index (χ0v) is 14.7. The molecule has 0 aromatic carbocycles. The molecule has 0 bridgehead atoms. The Morgan fingerprint density at radius 1 is 1.00 bits per heavy atom. The van der Waals surface area contributed by atoms with E-state index in [1.807, 2.05) is 0 Å². The number of hydrogen-bond donors (Lipinski definition) is 0. The molecule has 2 aliphatic carbocycles. The number of ether oxygens (including phenoxy) is 1. The lowest BCUT2D eigenvalue weighted by molar-refractivity contribution is -0.0545. The van der Waals surface area contributed by atoms with Gasteiger partial charge in [0.25, 0.3) is 0 Å². The molecule has 2 unspecified atom stereocenters. The average Bonchev–Trinajstić information content (AvgIpc) is 2.56. The lowest BCUT2D eigenvalue weighted by Gasteiger charge is -2.37. The molecule has 3 rings (SSSR count). The van der Waals surface area contributed by atoms with Crippen molar-refractivity contribution in [2.45, 2.75) is 84.2 Å². The van der Waals surface area contributed by atoms with E-state index in [0.717, 1.165) is 24.4 Å². The van der Waals surface area contributed by atoms with Gasteiger partial charge in [-0.2, -0.15) is 0 Å². The molecular weight excluding hydrogens is 268 g/mol. The van der Waals surface area contributed by atoms with Gasteiger partial charge in [-0.1, -0.05) is 43.1 Å². The van der Waals surface area contributed by atoms with Crippen molar-refractivity contribution in [3.8, 4) is 0 Å². The molecule has 0 aromatic rings. The maximum Gasteiger partial charge on any atom is 0.0603 e. The lowest BCUT2D eigenvalue weighted by atomic mass is 9.75. The third kappa shape index (κ3) is 4.47. The van der Waals surface area contributed by atoms with Gasteiger partial charge in [0.15, 0.2) is 0 Å². The topological polar surface area (TPSA) is 9.23 Å². The zero-order chi connectivity index (χ0) is 15.4. The van der Waals surface area contributed by atoms with E-state index in [4.69, 9.17) is 4.74 Å². The summed E-state index contributed by atoms with van der Waals surface area (Å²) in [5, 5.41) is 0. The van der Waals surface area contributed by atoms with Gasteiger partial charge >= 0.3 is 0 Å². The fourth-order valence-corrected chi connectivity index (χ4v) is 4.51. The Hall–Kier alpha value is -0.560. The summed E-state index contributed by atoms with van der Waals surface area (Å²) in [6, 6.07) is 0. The largest absolute Gasteiger partial charge is 0.378 e. The van der Waals surface area contributed by atoms with Crippen molar-refractivity contribution in [2.75, 3.05) is 6.61 Å². The standard InChI is InChI=1S/C21H34O/c1-16-3-6-18(7-4-16)8-9-19-10-12-20(13-11-19)21-14-5-17(2)15-22-21/h3,6,17,19-21H,4-5,7-15H2,1-2H3. The Kier molecular flexibility index (Phi) is 5.79. The molecule has 0 amide bonds. The second-order valence-electron chi connectivity index (χ2n) is 8.21. The molecule has 2 atom stereocenters. The first-order chi connectivity index (χ1) is 10.7. The number of allylic oxidation sites excluding steroid dienone is 4. The van der Waals surface area contributed by atoms with Gasteiger partial charge in [-0.25, -0.2) is 0 Å². The summed E-state index contributed by atoms with van der Waals surface area (Å²) in [5.41, 5.74) is 3.24. The van der Waals surface area contributed by atoms with Crippen molar-refractivity contribution in [3.63, 3.8) is 0 Å². The van der Waals surface area contributed by atoms with Crippen molar-refractivity contribution in [3.05, 3.63) is 23.3 Å². The predicted octanol–water partition coefficient (Wildman–Crippen LogP) is 6.05. The Balaban J connectivity index is 1.37. The highest BCUT2D eigenvalue weighted by Crippen LogP contribution is 2.38. The predicted molar refractivity (Wildman–Crippen MR) is 93.9 cm³/mol. The first-order valence-electron chi connectivity index (χ1n) is 9.67. The Labute approximate surface area is 137 Å². The van der Waals surface area contributed by atoms with Crippen LogP contribution in [0, 0.1) is 17.8 Å². The molecule has 0 radical (unpaired) electrons. The van der Waals surface area contributed by atoms with Gasteiger partial charge in [0.2, 0.25) is 0 Å². The van der Waals surface area contributed by atoms with Gasteiger partial charge in [-0.3, -0.25) is 0 Å². The van der Waals surface area contributed by atoms with Gasteiger partial charge in [0, 0.05) is 6.61 Å². The van der Waals surface area contributed by atoms with E-state index in [2.05, 4.69) is 26.0 Å². The molecule has 124 valence electrons. The summed E-state index contributed by atoms with van der Waals surface area (Å²) in [6.07, 6.45) is 19.1. The van der Waals surface area contributed by atoms with Crippen LogP contribution in [0.2, 0.25) is 0 Å². The Morgan fingerprint density at radius 3 is 2.45 bits per heavy atom. The summed E-state index contributed by atoms with van der Waals surface area (Å²) < 4.78 is 6.11. The summed E-state index contributed by atoms with van der Waals surface area (Å²) in [7, 11) is 0. The van der Waals surface area contributed by atoms with Crippen LogP contribution in [-0.4, -0.2) is 12.7 Å². The van der Waals surface area contributed by atoms with Crippen LogP contribution in [0.1, 0.15) is 78.1 Å². The second kappa shape index (κ2) is 7.81. The quantitative estimate of drug-likeness (QED) is 0.614. The molecule has 2 fully saturated rings. The number of hydrogen-bond acceptors (Lipinski definition) is 1. The van der Waals surface area contributed by atoms with Gasteiger partial charge < -0.3 is 4.74 Å². The average molecular weight is 303 g/mol. The molecule has 0 N–H and O–H groups in total. The summed E-state index contributed by atoms with van der Waals surface area (Å²) in [6.45, 7) is 5.58. The molecule has 1 saturated heterocycles. The number of rotatable bonds is 4. The molecule has 1 nitrogen and oxygen atoms in total.